The van der Waals surface area contributed by atoms with E-state index in [0.717, 1.165) is 13.0 Å². The largest absolute Gasteiger partial charge is 0.397 e. The predicted octanol–water partition coefficient (Wildman–Crippen LogP) is 2.61. The van der Waals surface area contributed by atoms with Crippen molar-refractivity contribution in [3.05, 3.63) is 24.0 Å². The molecule has 3 N–H and O–H groups in total. The van der Waals surface area contributed by atoms with E-state index in [4.69, 9.17) is 5.73 Å². The zero-order valence-electron chi connectivity index (χ0n) is 11.3. The Morgan fingerprint density at radius 1 is 1.50 bits per heavy atom. The lowest BCUT2D eigenvalue weighted by Gasteiger charge is -2.15. The maximum absolute atomic E-state index is 11.9. The van der Waals surface area contributed by atoms with Crippen LogP contribution in [0.5, 0.6) is 0 Å². The van der Waals surface area contributed by atoms with Gasteiger partial charge in [0.15, 0.2) is 0 Å². The van der Waals surface area contributed by atoms with Crippen LogP contribution in [0.15, 0.2) is 18.5 Å². The van der Waals surface area contributed by atoms with Crippen LogP contribution in [0.3, 0.4) is 0 Å². The molecule has 100 valence electrons. The minimum atomic E-state index is -0.107. The third-order valence-electron chi connectivity index (χ3n) is 3.19. The van der Waals surface area contributed by atoms with Crippen LogP contribution >= 0.6 is 0 Å². The van der Waals surface area contributed by atoms with Crippen molar-refractivity contribution in [3.63, 3.8) is 0 Å². The Morgan fingerprint density at radius 3 is 2.89 bits per heavy atom. The van der Waals surface area contributed by atoms with Gasteiger partial charge in [0.2, 0.25) is 0 Å². The topological polar surface area (TPSA) is 68.0 Å². The van der Waals surface area contributed by atoms with Gasteiger partial charge in [0, 0.05) is 12.7 Å². The number of nitrogens with two attached hydrogens (primary N) is 1. The van der Waals surface area contributed by atoms with E-state index in [0.29, 0.717) is 17.2 Å². The molecular weight excluding hydrogens is 226 g/mol. The van der Waals surface area contributed by atoms with E-state index in [-0.39, 0.29) is 5.91 Å². The second-order valence-electron chi connectivity index (χ2n) is 4.59. The van der Waals surface area contributed by atoms with E-state index in [1.807, 2.05) is 0 Å². The molecule has 1 rings (SSSR count). The van der Waals surface area contributed by atoms with Gasteiger partial charge in [-0.3, -0.25) is 9.78 Å². The third-order valence-corrected chi connectivity index (χ3v) is 3.19. The zero-order valence-corrected chi connectivity index (χ0v) is 11.3. The number of hydrogen-bond donors (Lipinski definition) is 2. The first-order valence-corrected chi connectivity index (χ1v) is 6.66. The summed E-state index contributed by atoms with van der Waals surface area (Å²) in [4.78, 5) is 15.8. The number of nitrogens with one attached hydrogen (secondary N) is 1. The monoisotopic (exact) mass is 249 g/mol. The van der Waals surface area contributed by atoms with E-state index < -0.39 is 0 Å². The molecule has 1 aromatic heterocycles. The molecule has 0 aliphatic heterocycles. The number of nitrogen functional groups attached to an aromatic ring is 1. The van der Waals surface area contributed by atoms with Gasteiger partial charge in [-0.05, 0) is 18.4 Å². The molecule has 1 atom stereocenters. The Kier molecular flexibility index (Phi) is 6.19. The Hall–Kier alpha value is -1.58. The van der Waals surface area contributed by atoms with E-state index in [1.54, 1.807) is 12.3 Å². The lowest BCUT2D eigenvalue weighted by atomic mass is 9.99. The molecule has 1 aromatic rings. The van der Waals surface area contributed by atoms with E-state index in [1.165, 1.54) is 25.5 Å². The van der Waals surface area contributed by atoms with Crippen LogP contribution in [0.2, 0.25) is 0 Å². The molecule has 0 saturated heterocycles. The van der Waals surface area contributed by atoms with Crippen LogP contribution in [0.4, 0.5) is 5.69 Å². The molecule has 1 amide bonds. The average Bonchev–Trinajstić information content (AvgIpc) is 2.39. The standard InChI is InChI=1S/C14H23N3O/c1-3-5-6-11(4-2)9-17-14(18)12-7-8-16-10-13(12)15/h7-8,10-11H,3-6,9,15H2,1-2H3,(H,17,18). The predicted molar refractivity (Wildman–Crippen MR) is 74.3 cm³/mol. The van der Waals surface area contributed by atoms with Crippen molar-refractivity contribution in [2.24, 2.45) is 5.92 Å². The Morgan fingerprint density at radius 2 is 2.28 bits per heavy atom. The minimum absolute atomic E-state index is 0.107. The molecule has 1 heterocycles. The number of carbonyl (C=O) groups excluding carboxylic acids is 1. The number of unbranched alkanes of at least 4 members (excludes halogenated alkanes) is 1. The quantitative estimate of drug-likeness (QED) is 0.780. The number of aromatic nitrogens is 1. The molecular formula is C14H23N3O. The summed E-state index contributed by atoms with van der Waals surface area (Å²) in [6.45, 7) is 5.06. The molecule has 18 heavy (non-hydrogen) atoms. The summed E-state index contributed by atoms with van der Waals surface area (Å²) in [6.07, 6.45) is 7.75. The highest BCUT2D eigenvalue weighted by atomic mass is 16.1. The number of pyridine rings is 1. The number of hydrogen-bond acceptors (Lipinski definition) is 3. The van der Waals surface area contributed by atoms with Gasteiger partial charge in [0.25, 0.3) is 5.91 Å². The second kappa shape index (κ2) is 7.69. The molecule has 0 aromatic carbocycles. The molecule has 0 aliphatic rings. The lowest BCUT2D eigenvalue weighted by molar-refractivity contribution is 0.0946. The molecule has 0 radical (unpaired) electrons. The van der Waals surface area contributed by atoms with Crippen LogP contribution < -0.4 is 11.1 Å². The summed E-state index contributed by atoms with van der Waals surface area (Å²) >= 11 is 0. The molecule has 0 fully saturated rings. The fraction of sp³-hybridized carbons (Fsp3) is 0.571. The molecule has 0 aliphatic carbocycles. The Bertz CT molecular complexity index is 379. The minimum Gasteiger partial charge on any atom is -0.397 e. The first-order chi connectivity index (χ1) is 8.69. The van der Waals surface area contributed by atoms with Gasteiger partial charge in [0.1, 0.15) is 0 Å². The summed E-state index contributed by atoms with van der Waals surface area (Å²) in [6, 6.07) is 1.65. The highest BCUT2D eigenvalue weighted by Crippen LogP contribution is 2.12. The smallest absolute Gasteiger partial charge is 0.253 e. The van der Waals surface area contributed by atoms with E-state index >= 15 is 0 Å². The molecule has 4 nitrogen and oxygen atoms in total. The summed E-state index contributed by atoms with van der Waals surface area (Å²) in [5, 5.41) is 2.95. The number of rotatable bonds is 7. The van der Waals surface area contributed by atoms with Gasteiger partial charge in [0.05, 0.1) is 17.4 Å². The first-order valence-electron chi connectivity index (χ1n) is 6.66. The van der Waals surface area contributed by atoms with Gasteiger partial charge in [-0.25, -0.2) is 0 Å². The molecule has 0 bridgehead atoms. The molecule has 4 heteroatoms. The van der Waals surface area contributed by atoms with Gasteiger partial charge in [-0.1, -0.05) is 33.1 Å². The van der Waals surface area contributed by atoms with Gasteiger partial charge < -0.3 is 11.1 Å². The summed E-state index contributed by atoms with van der Waals surface area (Å²) in [7, 11) is 0. The highest BCUT2D eigenvalue weighted by molar-refractivity contribution is 5.98. The number of carbonyl (C=O) groups is 1. The van der Waals surface area contributed by atoms with E-state index in [9.17, 15) is 4.79 Å². The fourth-order valence-electron chi connectivity index (χ4n) is 1.89. The molecule has 1 unspecified atom stereocenters. The fourth-order valence-corrected chi connectivity index (χ4v) is 1.89. The second-order valence-corrected chi connectivity index (χ2v) is 4.59. The van der Waals surface area contributed by atoms with Crippen molar-refractivity contribution in [3.8, 4) is 0 Å². The van der Waals surface area contributed by atoms with Crippen LogP contribution in [0.1, 0.15) is 49.9 Å². The van der Waals surface area contributed by atoms with Crippen LogP contribution in [0.25, 0.3) is 0 Å². The summed E-state index contributed by atoms with van der Waals surface area (Å²) < 4.78 is 0. The van der Waals surface area contributed by atoms with Crippen molar-refractivity contribution in [1.82, 2.24) is 10.3 Å². The van der Waals surface area contributed by atoms with Crippen molar-refractivity contribution in [2.45, 2.75) is 39.5 Å². The summed E-state index contributed by atoms with van der Waals surface area (Å²) in [5.41, 5.74) is 6.65. The number of anilines is 1. The molecule has 0 spiro atoms. The number of nitrogens with zero attached hydrogens (tertiary/aromatic N) is 1. The SMILES string of the molecule is CCCCC(CC)CNC(=O)c1ccncc1N. The van der Waals surface area contributed by atoms with Crippen molar-refractivity contribution < 1.29 is 4.79 Å². The normalized spacial score (nSPS) is 12.1. The Labute approximate surface area is 109 Å². The van der Waals surface area contributed by atoms with Crippen molar-refractivity contribution in [1.29, 1.82) is 0 Å². The van der Waals surface area contributed by atoms with Crippen LogP contribution in [-0.2, 0) is 0 Å². The van der Waals surface area contributed by atoms with Crippen LogP contribution in [-0.4, -0.2) is 17.4 Å². The first kappa shape index (κ1) is 14.5. The summed E-state index contributed by atoms with van der Waals surface area (Å²) in [5.74, 6) is 0.446. The van der Waals surface area contributed by atoms with Gasteiger partial charge in [-0.2, -0.15) is 0 Å². The van der Waals surface area contributed by atoms with Crippen molar-refractivity contribution >= 4 is 11.6 Å². The molecule has 0 saturated carbocycles. The van der Waals surface area contributed by atoms with Gasteiger partial charge in [-0.15, -0.1) is 0 Å². The maximum Gasteiger partial charge on any atom is 0.253 e. The van der Waals surface area contributed by atoms with Crippen LogP contribution in [0, 0.1) is 5.92 Å². The Balaban J connectivity index is 2.47. The third kappa shape index (κ3) is 4.35. The zero-order chi connectivity index (χ0) is 13.4. The van der Waals surface area contributed by atoms with Gasteiger partial charge >= 0.3 is 0 Å². The number of amides is 1. The average molecular weight is 249 g/mol. The van der Waals surface area contributed by atoms with E-state index in [2.05, 4.69) is 24.1 Å². The lowest BCUT2D eigenvalue weighted by Crippen LogP contribution is -2.29. The van der Waals surface area contributed by atoms with Crippen molar-refractivity contribution in [2.75, 3.05) is 12.3 Å². The highest BCUT2D eigenvalue weighted by Gasteiger charge is 2.11. The maximum atomic E-state index is 11.9.